The van der Waals surface area contributed by atoms with E-state index in [-0.39, 0.29) is 5.54 Å². The number of benzene rings is 2. The van der Waals surface area contributed by atoms with Gasteiger partial charge in [0.2, 0.25) is 0 Å². The fourth-order valence-electron chi connectivity index (χ4n) is 6.03. The molecule has 2 aromatic carbocycles. The fraction of sp³-hybridized carbons (Fsp3) is 0.519. The maximum Gasteiger partial charge on any atom is 0.297 e. The molecule has 2 aliphatic rings. The van der Waals surface area contributed by atoms with Crippen LogP contribution in [0.1, 0.15) is 63.0 Å². The molecule has 0 amide bonds. The van der Waals surface area contributed by atoms with Crippen molar-refractivity contribution < 1.29 is 4.74 Å². The van der Waals surface area contributed by atoms with Crippen LogP contribution in [0.15, 0.2) is 54.6 Å². The zero-order chi connectivity index (χ0) is 21.8. The van der Waals surface area contributed by atoms with Crippen molar-refractivity contribution in [1.82, 2.24) is 14.5 Å². The molecule has 1 saturated heterocycles. The summed E-state index contributed by atoms with van der Waals surface area (Å²) in [6.07, 6.45) is 10.2. The minimum atomic E-state index is 0.193. The Hall–Kier alpha value is -2.37. The first-order valence-corrected chi connectivity index (χ1v) is 12.4. The van der Waals surface area contributed by atoms with Crippen LogP contribution < -0.4 is 10.5 Å². The Morgan fingerprint density at radius 2 is 1.59 bits per heavy atom. The first kappa shape index (κ1) is 21.5. The lowest BCUT2D eigenvalue weighted by molar-refractivity contribution is 0.0347. The first-order valence-electron chi connectivity index (χ1n) is 12.4. The van der Waals surface area contributed by atoms with Gasteiger partial charge in [-0.1, -0.05) is 68.1 Å². The van der Waals surface area contributed by atoms with E-state index in [0.29, 0.717) is 19.2 Å². The zero-order valence-electron chi connectivity index (χ0n) is 19.1. The SMILES string of the molecule is NCCOc1nc2ccccc2n1C1CCN(C2(c3ccccc3)CCCCCC2)CC1. The number of rotatable bonds is 6. The van der Waals surface area contributed by atoms with Crippen molar-refractivity contribution in [3.63, 3.8) is 0 Å². The Balaban J connectivity index is 1.41. The third-order valence-corrected chi connectivity index (χ3v) is 7.59. The molecule has 0 spiro atoms. The Morgan fingerprint density at radius 3 is 2.31 bits per heavy atom. The summed E-state index contributed by atoms with van der Waals surface area (Å²) < 4.78 is 8.32. The van der Waals surface area contributed by atoms with Crippen LogP contribution in [-0.4, -0.2) is 40.7 Å². The van der Waals surface area contributed by atoms with Crippen molar-refractivity contribution in [2.45, 2.75) is 62.9 Å². The fourth-order valence-corrected chi connectivity index (χ4v) is 6.03. The van der Waals surface area contributed by atoms with Crippen LogP contribution in [0.2, 0.25) is 0 Å². The van der Waals surface area contributed by atoms with Gasteiger partial charge in [-0.05, 0) is 43.4 Å². The molecule has 5 rings (SSSR count). The number of likely N-dealkylation sites (tertiary alicyclic amines) is 1. The van der Waals surface area contributed by atoms with Gasteiger partial charge in [-0.15, -0.1) is 0 Å². The molecular formula is C27H36N4O. The molecule has 1 saturated carbocycles. The summed E-state index contributed by atoms with van der Waals surface area (Å²) >= 11 is 0. The molecule has 2 heterocycles. The highest BCUT2D eigenvalue weighted by molar-refractivity contribution is 5.76. The van der Waals surface area contributed by atoms with E-state index in [2.05, 4.69) is 58.0 Å². The van der Waals surface area contributed by atoms with Gasteiger partial charge in [-0.3, -0.25) is 9.47 Å². The van der Waals surface area contributed by atoms with Crippen molar-refractivity contribution in [1.29, 1.82) is 0 Å². The van der Waals surface area contributed by atoms with Crippen molar-refractivity contribution in [2.24, 2.45) is 5.73 Å². The Bertz CT molecular complexity index is 999. The minimum Gasteiger partial charge on any atom is -0.463 e. The second kappa shape index (κ2) is 9.63. The normalized spacial score (nSPS) is 20.3. The number of aromatic nitrogens is 2. The van der Waals surface area contributed by atoms with E-state index in [1.165, 1.54) is 49.6 Å². The maximum absolute atomic E-state index is 5.99. The van der Waals surface area contributed by atoms with Gasteiger partial charge < -0.3 is 10.5 Å². The predicted molar refractivity (Wildman–Crippen MR) is 130 cm³/mol. The topological polar surface area (TPSA) is 56.3 Å². The molecule has 0 radical (unpaired) electrons. The number of nitrogens with two attached hydrogens (primary N) is 1. The molecule has 0 atom stereocenters. The number of piperidine rings is 1. The molecule has 5 nitrogen and oxygen atoms in total. The van der Waals surface area contributed by atoms with Crippen molar-refractivity contribution in [3.8, 4) is 6.01 Å². The van der Waals surface area contributed by atoms with E-state index in [4.69, 9.17) is 15.5 Å². The number of hydrogen-bond acceptors (Lipinski definition) is 4. The van der Waals surface area contributed by atoms with Crippen LogP contribution in [0, 0.1) is 0 Å². The molecule has 2 fully saturated rings. The summed E-state index contributed by atoms with van der Waals surface area (Å²) in [6, 6.07) is 20.8. The van der Waals surface area contributed by atoms with Crippen molar-refractivity contribution in [2.75, 3.05) is 26.2 Å². The van der Waals surface area contributed by atoms with Gasteiger partial charge in [0.1, 0.15) is 6.61 Å². The Kier molecular flexibility index (Phi) is 6.47. The number of hydrogen-bond donors (Lipinski definition) is 1. The number of nitrogens with zero attached hydrogens (tertiary/aromatic N) is 3. The van der Waals surface area contributed by atoms with Gasteiger partial charge in [-0.2, -0.15) is 4.98 Å². The highest BCUT2D eigenvalue weighted by atomic mass is 16.5. The van der Waals surface area contributed by atoms with Gasteiger partial charge in [0.05, 0.1) is 11.0 Å². The van der Waals surface area contributed by atoms with Gasteiger partial charge >= 0.3 is 0 Å². The first-order chi connectivity index (χ1) is 15.8. The molecule has 1 aliphatic heterocycles. The Labute approximate surface area is 191 Å². The van der Waals surface area contributed by atoms with E-state index in [1.807, 2.05) is 6.07 Å². The average molecular weight is 433 g/mol. The number of ether oxygens (including phenoxy) is 1. The smallest absolute Gasteiger partial charge is 0.297 e. The third kappa shape index (κ3) is 4.04. The van der Waals surface area contributed by atoms with Crippen molar-refractivity contribution in [3.05, 3.63) is 60.2 Å². The van der Waals surface area contributed by atoms with Crippen LogP contribution in [0.25, 0.3) is 11.0 Å². The average Bonchev–Trinajstić information content (AvgIpc) is 3.03. The van der Waals surface area contributed by atoms with Crippen LogP contribution in [-0.2, 0) is 5.54 Å². The van der Waals surface area contributed by atoms with Gasteiger partial charge in [0.25, 0.3) is 6.01 Å². The highest BCUT2D eigenvalue weighted by Gasteiger charge is 2.40. The van der Waals surface area contributed by atoms with Gasteiger partial charge in [0, 0.05) is 31.2 Å². The third-order valence-electron chi connectivity index (χ3n) is 7.59. The summed E-state index contributed by atoms with van der Waals surface area (Å²) in [7, 11) is 0. The molecule has 170 valence electrons. The maximum atomic E-state index is 5.99. The molecule has 0 bridgehead atoms. The largest absolute Gasteiger partial charge is 0.463 e. The quantitative estimate of drug-likeness (QED) is 0.540. The van der Waals surface area contributed by atoms with Crippen molar-refractivity contribution >= 4 is 11.0 Å². The molecule has 2 N–H and O–H groups in total. The number of fused-ring (bicyclic) bond motifs is 1. The van der Waals surface area contributed by atoms with Crippen LogP contribution in [0.5, 0.6) is 6.01 Å². The summed E-state index contributed by atoms with van der Waals surface area (Å²) in [6.45, 7) is 3.23. The van der Waals surface area contributed by atoms with E-state index < -0.39 is 0 Å². The van der Waals surface area contributed by atoms with Gasteiger partial charge in [-0.25, -0.2) is 0 Å². The summed E-state index contributed by atoms with van der Waals surface area (Å²) in [5, 5.41) is 0. The lowest BCUT2D eigenvalue weighted by Crippen LogP contribution is -2.49. The standard InChI is InChI=1S/C27H36N4O/c28-18-21-32-26-29-24-12-6-7-13-25(24)31(26)23-14-19-30(20-15-23)27(16-8-1-2-9-17-27)22-10-4-3-5-11-22/h3-7,10-13,23H,1-2,8-9,14-21,28H2. The molecule has 5 heteroatoms. The van der Waals surface area contributed by atoms with E-state index in [0.717, 1.165) is 37.5 Å². The van der Waals surface area contributed by atoms with Crippen LogP contribution in [0.4, 0.5) is 0 Å². The number of imidazole rings is 1. The molecule has 32 heavy (non-hydrogen) atoms. The highest BCUT2D eigenvalue weighted by Crippen LogP contribution is 2.44. The molecule has 0 unspecified atom stereocenters. The second-order valence-electron chi connectivity index (χ2n) is 9.42. The van der Waals surface area contributed by atoms with E-state index >= 15 is 0 Å². The van der Waals surface area contributed by atoms with Crippen LogP contribution >= 0.6 is 0 Å². The van der Waals surface area contributed by atoms with E-state index in [1.54, 1.807) is 0 Å². The zero-order valence-corrected chi connectivity index (χ0v) is 19.1. The molecule has 3 aromatic rings. The van der Waals surface area contributed by atoms with E-state index in [9.17, 15) is 0 Å². The lowest BCUT2D eigenvalue weighted by atomic mass is 9.79. The molecular weight excluding hydrogens is 396 g/mol. The lowest BCUT2D eigenvalue weighted by Gasteiger charge is -2.48. The number of para-hydroxylation sites is 2. The second-order valence-corrected chi connectivity index (χ2v) is 9.42. The predicted octanol–water partition coefficient (Wildman–Crippen LogP) is 5.26. The van der Waals surface area contributed by atoms with Crippen LogP contribution in [0.3, 0.4) is 0 Å². The monoisotopic (exact) mass is 432 g/mol. The minimum absolute atomic E-state index is 0.193. The van der Waals surface area contributed by atoms with Gasteiger partial charge in [0.15, 0.2) is 0 Å². The molecule has 1 aromatic heterocycles. The molecule has 1 aliphatic carbocycles. The summed E-state index contributed by atoms with van der Waals surface area (Å²) in [5.41, 5.74) is 9.60. The summed E-state index contributed by atoms with van der Waals surface area (Å²) in [4.78, 5) is 7.59. The Morgan fingerprint density at radius 1 is 0.906 bits per heavy atom. The summed E-state index contributed by atoms with van der Waals surface area (Å²) in [5.74, 6) is 0.